The second-order valence-electron chi connectivity index (χ2n) is 11.2. The Balaban J connectivity index is 1.64. The van der Waals surface area contributed by atoms with Crippen LogP contribution >= 0.6 is 0 Å². The first-order chi connectivity index (χ1) is 20.6. The van der Waals surface area contributed by atoms with Gasteiger partial charge in [0.05, 0.1) is 33.9 Å². The molecule has 0 radical (unpaired) electrons. The van der Waals surface area contributed by atoms with Gasteiger partial charge in [-0.1, -0.05) is 18.2 Å². The van der Waals surface area contributed by atoms with Gasteiger partial charge >= 0.3 is 12.1 Å². The number of nitrogens with zero attached hydrogens (tertiary/aromatic N) is 6. The minimum absolute atomic E-state index is 0.0137. The summed E-state index contributed by atoms with van der Waals surface area (Å²) in [6, 6.07) is 11.8. The van der Waals surface area contributed by atoms with Crippen molar-refractivity contribution in [2.24, 2.45) is 0 Å². The van der Waals surface area contributed by atoms with Crippen molar-refractivity contribution >= 4 is 27.6 Å². The van der Waals surface area contributed by atoms with E-state index in [4.69, 9.17) is 0 Å². The minimum atomic E-state index is -3.95. The van der Waals surface area contributed by atoms with Crippen molar-refractivity contribution in [3.8, 4) is 12.1 Å². The van der Waals surface area contributed by atoms with E-state index in [-0.39, 0.29) is 33.0 Å². The number of hydrogen-bond donors (Lipinski definition) is 0. The molecule has 0 aromatic heterocycles. The number of carbonyl (C=O) groups is 2. The molecule has 43 heavy (non-hydrogen) atoms. The minimum Gasteiger partial charge on any atom is -0.324 e. The molecule has 4 amide bonds. The summed E-state index contributed by atoms with van der Waals surface area (Å²) >= 11 is 0. The van der Waals surface area contributed by atoms with Gasteiger partial charge in [0, 0.05) is 31.1 Å². The van der Waals surface area contributed by atoms with Crippen molar-refractivity contribution < 1.29 is 22.4 Å². The summed E-state index contributed by atoms with van der Waals surface area (Å²) in [5.74, 6) is 0. The molecular weight excluding hydrogens is 571 g/mol. The summed E-state index contributed by atoms with van der Waals surface area (Å²) < 4.78 is 39.5. The highest BCUT2D eigenvalue weighted by molar-refractivity contribution is 7.90. The Hall–Kier alpha value is -4.26. The molecule has 2 fully saturated rings. The third kappa shape index (κ3) is 5.73. The van der Waals surface area contributed by atoms with Gasteiger partial charge < -0.3 is 9.80 Å². The van der Waals surface area contributed by atoms with Gasteiger partial charge in [0.2, 0.25) is 0 Å². The molecule has 10 nitrogen and oxygen atoms in total. The number of piperidine rings is 1. The lowest BCUT2D eigenvalue weighted by molar-refractivity contribution is 0.110. The molecule has 2 aromatic carbocycles. The van der Waals surface area contributed by atoms with Gasteiger partial charge in [-0.25, -0.2) is 27.3 Å². The molecule has 2 saturated heterocycles. The van der Waals surface area contributed by atoms with E-state index in [1.54, 1.807) is 30.0 Å². The van der Waals surface area contributed by atoms with E-state index in [1.807, 2.05) is 6.07 Å². The van der Waals surface area contributed by atoms with E-state index >= 15 is 0 Å². The van der Waals surface area contributed by atoms with E-state index in [0.29, 0.717) is 24.7 Å². The summed E-state index contributed by atoms with van der Waals surface area (Å²) in [5.41, 5.74) is 0.888. The topological polar surface area (TPSA) is 129 Å². The molecule has 1 atom stereocenters. The van der Waals surface area contributed by atoms with E-state index in [2.05, 4.69) is 11.0 Å². The number of anilines is 1. The van der Waals surface area contributed by atoms with Crippen LogP contribution in [0.4, 0.5) is 19.7 Å². The van der Waals surface area contributed by atoms with Gasteiger partial charge in [-0.05, 0) is 81.1 Å². The molecule has 0 saturated carbocycles. The van der Waals surface area contributed by atoms with E-state index in [0.717, 1.165) is 49.9 Å². The van der Waals surface area contributed by atoms with Gasteiger partial charge in [-0.2, -0.15) is 10.5 Å². The number of allylic oxidation sites excluding steroid dienone is 1. The van der Waals surface area contributed by atoms with Crippen molar-refractivity contribution in [1.29, 1.82) is 10.5 Å². The molecule has 5 rings (SSSR count). The fraction of sp³-hybridized carbons (Fsp3) is 0.419. The van der Waals surface area contributed by atoms with Crippen molar-refractivity contribution in [2.75, 3.05) is 37.3 Å². The zero-order valence-electron chi connectivity index (χ0n) is 24.2. The molecule has 3 aliphatic heterocycles. The van der Waals surface area contributed by atoms with Crippen LogP contribution in [0.25, 0.3) is 0 Å². The molecule has 224 valence electrons. The lowest BCUT2D eigenvalue weighted by Crippen LogP contribution is -2.57. The summed E-state index contributed by atoms with van der Waals surface area (Å²) in [5, 5.41) is 19.9. The number of rotatable bonds is 5. The fourth-order valence-electron chi connectivity index (χ4n) is 6.35. The van der Waals surface area contributed by atoms with Crippen LogP contribution in [0.3, 0.4) is 0 Å². The van der Waals surface area contributed by atoms with Crippen molar-refractivity contribution in [1.82, 2.24) is 14.7 Å². The zero-order valence-corrected chi connectivity index (χ0v) is 25.0. The highest BCUT2D eigenvalue weighted by atomic mass is 32.2. The second-order valence-corrected chi connectivity index (χ2v) is 13.2. The molecule has 0 bridgehead atoms. The number of sulfone groups is 1. The Kier molecular flexibility index (Phi) is 8.54. The molecule has 0 unspecified atom stereocenters. The Morgan fingerprint density at radius 1 is 1.02 bits per heavy atom. The van der Waals surface area contributed by atoms with Gasteiger partial charge in [0.25, 0.3) is 0 Å². The maximum absolute atomic E-state index is 14.4. The Morgan fingerprint density at radius 2 is 1.72 bits per heavy atom. The second kappa shape index (κ2) is 12.2. The van der Waals surface area contributed by atoms with Crippen LogP contribution in [0.5, 0.6) is 0 Å². The number of halogens is 1. The number of likely N-dealkylation sites (tertiary alicyclic amines) is 2. The molecule has 2 aromatic rings. The lowest BCUT2D eigenvalue weighted by atomic mass is 9.93. The molecule has 0 aliphatic carbocycles. The highest BCUT2D eigenvalue weighted by Crippen LogP contribution is 2.42. The normalized spacial score (nSPS) is 20.3. The molecule has 0 spiro atoms. The van der Waals surface area contributed by atoms with Crippen molar-refractivity contribution in [2.45, 2.75) is 56.3 Å². The van der Waals surface area contributed by atoms with Crippen LogP contribution < -0.4 is 4.90 Å². The van der Waals surface area contributed by atoms with Gasteiger partial charge in [0.1, 0.15) is 12.7 Å². The standard InChI is InChI=1S/C31H33FN6O4S/c1-21-27(20-34)29(26-9-8-23(19-33)17-28(26)43(2,41)42)38(31(40)37(21)25-7-5-6-22(16-25)18-32)30(39)36-14-10-24(11-15-36)35-12-3-4-13-35/h5-9,16-17,24,29H,3-4,10-15,18H2,1-2H3/t29-/m1/s1. The van der Waals surface area contributed by atoms with E-state index in [1.165, 1.54) is 29.2 Å². The van der Waals surface area contributed by atoms with Crippen LogP contribution in [-0.4, -0.2) is 73.7 Å². The SMILES string of the molecule is CC1=C(C#N)[C@@H](c2ccc(C#N)cc2S(C)(=O)=O)N(C(=O)N2CCC(N3CCCC3)CC2)C(=O)N1c1cccc(CF)c1. The van der Waals surface area contributed by atoms with E-state index < -0.39 is 34.6 Å². The Morgan fingerprint density at radius 3 is 2.33 bits per heavy atom. The maximum Gasteiger partial charge on any atom is 0.337 e. The van der Waals surface area contributed by atoms with Crippen LogP contribution in [0.2, 0.25) is 0 Å². The third-order valence-corrected chi connectivity index (χ3v) is 9.69. The van der Waals surface area contributed by atoms with Crippen LogP contribution in [-0.2, 0) is 16.5 Å². The smallest absolute Gasteiger partial charge is 0.324 e. The quantitative estimate of drug-likeness (QED) is 0.475. The summed E-state index contributed by atoms with van der Waals surface area (Å²) in [4.78, 5) is 34.6. The van der Waals surface area contributed by atoms with Crippen molar-refractivity contribution in [3.05, 3.63) is 70.4 Å². The molecule has 0 N–H and O–H groups in total. The maximum atomic E-state index is 14.4. The average molecular weight is 605 g/mol. The number of benzene rings is 2. The van der Waals surface area contributed by atoms with Gasteiger partial charge in [-0.15, -0.1) is 0 Å². The number of urea groups is 2. The Labute approximate surface area is 251 Å². The number of carbonyl (C=O) groups excluding carboxylic acids is 2. The summed E-state index contributed by atoms with van der Waals surface area (Å²) in [6.07, 6.45) is 4.74. The summed E-state index contributed by atoms with van der Waals surface area (Å²) in [7, 11) is -3.95. The number of hydrogen-bond acceptors (Lipinski definition) is 7. The van der Waals surface area contributed by atoms with Crippen molar-refractivity contribution in [3.63, 3.8) is 0 Å². The lowest BCUT2D eigenvalue weighted by Gasteiger charge is -2.44. The zero-order chi connectivity index (χ0) is 30.9. The van der Waals surface area contributed by atoms with Crippen LogP contribution in [0, 0.1) is 22.7 Å². The molecule has 3 heterocycles. The predicted molar refractivity (Wildman–Crippen MR) is 157 cm³/mol. The van der Waals surface area contributed by atoms with Gasteiger partial charge in [-0.3, -0.25) is 4.90 Å². The predicted octanol–water partition coefficient (Wildman–Crippen LogP) is 4.89. The first-order valence-corrected chi connectivity index (χ1v) is 16.1. The molecule has 12 heteroatoms. The third-order valence-electron chi connectivity index (χ3n) is 8.53. The van der Waals surface area contributed by atoms with Crippen LogP contribution in [0.1, 0.15) is 55.3 Å². The van der Waals surface area contributed by atoms with E-state index in [9.17, 15) is 32.9 Å². The number of nitriles is 2. The first kappa shape index (κ1) is 30.2. The molecule has 3 aliphatic rings. The number of amides is 4. The number of imide groups is 1. The van der Waals surface area contributed by atoms with Gasteiger partial charge in [0.15, 0.2) is 9.84 Å². The molecular formula is C31H33FN6O4S. The highest BCUT2D eigenvalue weighted by Gasteiger charge is 2.46. The first-order valence-electron chi connectivity index (χ1n) is 14.2. The Bertz CT molecular complexity index is 1660. The largest absolute Gasteiger partial charge is 0.337 e. The number of alkyl halides is 1. The van der Waals surface area contributed by atoms with Crippen LogP contribution in [0.15, 0.2) is 58.6 Å². The monoisotopic (exact) mass is 604 g/mol. The fourth-order valence-corrected chi connectivity index (χ4v) is 7.30. The average Bonchev–Trinajstić information content (AvgIpc) is 3.55. The summed E-state index contributed by atoms with van der Waals surface area (Å²) in [6.45, 7) is 3.61.